The third-order valence-corrected chi connectivity index (χ3v) is 4.23. The summed E-state index contributed by atoms with van der Waals surface area (Å²) in [4.78, 5) is 12.0. The molecule has 2 N–H and O–H groups in total. The van der Waals surface area contributed by atoms with Gasteiger partial charge in [-0.15, -0.1) is 0 Å². The Morgan fingerprint density at radius 1 is 1.20 bits per heavy atom. The molecule has 0 atom stereocenters. The van der Waals surface area contributed by atoms with Gasteiger partial charge in [0.2, 0.25) is 0 Å². The SMILES string of the molecule is CN(NC(=O)/C=C/c1ccc(Cl)cc1Cl)C(=S)NCc1ccccc1. The van der Waals surface area contributed by atoms with Crippen molar-refractivity contribution in [2.75, 3.05) is 7.05 Å². The van der Waals surface area contributed by atoms with E-state index in [0.717, 1.165) is 5.56 Å². The fraction of sp³-hybridized carbons (Fsp3) is 0.111. The number of nitrogens with one attached hydrogen (secondary N) is 2. The van der Waals surface area contributed by atoms with Crippen molar-refractivity contribution < 1.29 is 4.79 Å². The zero-order chi connectivity index (χ0) is 18.2. The van der Waals surface area contributed by atoms with E-state index in [-0.39, 0.29) is 5.91 Å². The van der Waals surface area contributed by atoms with Crippen molar-refractivity contribution in [3.05, 3.63) is 75.8 Å². The topological polar surface area (TPSA) is 44.4 Å². The van der Waals surface area contributed by atoms with Crippen LogP contribution >= 0.6 is 35.4 Å². The predicted octanol–water partition coefficient (Wildman–Crippen LogP) is 4.04. The first-order valence-corrected chi connectivity index (χ1v) is 8.61. The van der Waals surface area contributed by atoms with Crippen molar-refractivity contribution in [2.45, 2.75) is 6.54 Å². The molecule has 0 saturated carbocycles. The first-order chi connectivity index (χ1) is 12.0. The number of carbonyl (C=O) groups excluding carboxylic acids is 1. The van der Waals surface area contributed by atoms with E-state index >= 15 is 0 Å². The summed E-state index contributed by atoms with van der Waals surface area (Å²) in [5.74, 6) is -0.322. The first-order valence-electron chi connectivity index (χ1n) is 7.45. The number of halogens is 2. The van der Waals surface area contributed by atoms with E-state index in [1.807, 2.05) is 30.3 Å². The highest BCUT2D eigenvalue weighted by Gasteiger charge is 2.06. The third-order valence-electron chi connectivity index (χ3n) is 3.25. The van der Waals surface area contributed by atoms with Gasteiger partial charge < -0.3 is 5.32 Å². The van der Waals surface area contributed by atoms with Crippen LogP contribution in [0.15, 0.2) is 54.6 Å². The van der Waals surface area contributed by atoms with Crippen molar-refractivity contribution in [1.82, 2.24) is 15.8 Å². The van der Waals surface area contributed by atoms with Gasteiger partial charge in [0.15, 0.2) is 5.11 Å². The Labute approximate surface area is 162 Å². The van der Waals surface area contributed by atoms with Crippen LogP contribution in [-0.4, -0.2) is 23.1 Å². The number of rotatable bonds is 4. The van der Waals surface area contributed by atoms with Crippen LogP contribution in [0, 0.1) is 0 Å². The zero-order valence-electron chi connectivity index (χ0n) is 13.5. The largest absolute Gasteiger partial charge is 0.357 e. The molecule has 0 bridgehead atoms. The van der Waals surface area contributed by atoms with Crippen molar-refractivity contribution in [1.29, 1.82) is 0 Å². The van der Waals surface area contributed by atoms with Gasteiger partial charge in [-0.05, 0) is 41.6 Å². The second-order valence-corrected chi connectivity index (χ2v) is 6.41. The first kappa shape index (κ1) is 19.2. The summed E-state index contributed by atoms with van der Waals surface area (Å²) in [5, 5.41) is 5.96. The molecular weight excluding hydrogens is 377 g/mol. The summed E-state index contributed by atoms with van der Waals surface area (Å²) < 4.78 is 0. The highest BCUT2D eigenvalue weighted by molar-refractivity contribution is 7.80. The van der Waals surface area contributed by atoms with Gasteiger partial charge >= 0.3 is 0 Å². The Morgan fingerprint density at radius 2 is 1.92 bits per heavy atom. The molecule has 25 heavy (non-hydrogen) atoms. The lowest BCUT2D eigenvalue weighted by Gasteiger charge is -2.21. The van der Waals surface area contributed by atoms with Gasteiger partial charge in [0.1, 0.15) is 0 Å². The molecule has 0 radical (unpaired) electrons. The van der Waals surface area contributed by atoms with Crippen LogP contribution in [0.1, 0.15) is 11.1 Å². The quantitative estimate of drug-likeness (QED) is 0.467. The number of hydrogen-bond donors (Lipinski definition) is 2. The Balaban J connectivity index is 1.84. The number of benzene rings is 2. The Kier molecular flexibility index (Phi) is 7.25. The molecule has 0 spiro atoms. The van der Waals surface area contributed by atoms with Crippen molar-refractivity contribution in [3.8, 4) is 0 Å². The minimum absolute atomic E-state index is 0.322. The summed E-state index contributed by atoms with van der Waals surface area (Å²) in [7, 11) is 1.67. The lowest BCUT2D eigenvalue weighted by Crippen LogP contribution is -2.47. The number of nitrogens with zero attached hydrogens (tertiary/aromatic N) is 1. The van der Waals surface area contributed by atoms with E-state index in [4.69, 9.17) is 35.4 Å². The van der Waals surface area contributed by atoms with Crippen LogP contribution in [0.2, 0.25) is 10.0 Å². The molecular formula is C18H17Cl2N3OS. The average molecular weight is 394 g/mol. The molecule has 0 saturated heterocycles. The van der Waals surface area contributed by atoms with Gasteiger partial charge in [-0.3, -0.25) is 15.2 Å². The van der Waals surface area contributed by atoms with Crippen LogP contribution in [0.5, 0.6) is 0 Å². The monoisotopic (exact) mass is 393 g/mol. The Bertz CT molecular complexity index is 781. The molecule has 0 aliphatic carbocycles. The number of hydrazine groups is 1. The molecule has 4 nitrogen and oxygen atoms in total. The molecule has 7 heteroatoms. The van der Waals surface area contributed by atoms with E-state index < -0.39 is 0 Å². The fourth-order valence-electron chi connectivity index (χ4n) is 1.95. The van der Waals surface area contributed by atoms with Crippen LogP contribution in [-0.2, 0) is 11.3 Å². The lowest BCUT2D eigenvalue weighted by atomic mass is 10.2. The van der Waals surface area contributed by atoms with E-state index in [1.165, 1.54) is 11.1 Å². The number of thiocarbonyl (C=S) groups is 1. The molecule has 0 aromatic heterocycles. The molecule has 2 aromatic rings. The standard InChI is InChI=1S/C18H17Cl2N3OS/c1-23(18(25)21-12-13-5-3-2-4-6-13)22-17(24)10-8-14-7-9-15(19)11-16(14)20/h2-11H,12H2,1H3,(H,21,25)(H,22,24)/b10-8+. The van der Waals surface area contributed by atoms with Gasteiger partial charge in [0, 0.05) is 29.7 Å². The Morgan fingerprint density at radius 3 is 2.60 bits per heavy atom. The molecule has 0 fully saturated rings. The van der Waals surface area contributed by atoms with E-state index in [1.54, 1.807) is 31.3 Å². The van der Waals surface area contributed by atoms with Gasteiger partial charge in [0.25, 0.3) is 5.91 Å². The molecule has 0 aliphatic heterocycles. The molecule has 2 aromatic carbocycles. The molecule has 130 valence electrons. The van der Waals surface area contributed by atoms with Crippen LogP contribution in [0.25, 0.3) is 6.08 Å². The van der Waals surface area contributed by atoms with Gasteiger partial charge in [-0.2, -0.15) is 0 Å². The summed E-state index contributed by atoms with van der Waals surface area (Å²) in [5.41, 5.74) is 4.45. The zero-order valence-corrected chi connectivity index (χ0v) is 15.8. The minimum atomic E-state index is -0.322. The minimum Gasteiger partial charge on any atom is -0.357 e. The Hall–Kier alpha value is -2.08. The van der Waals surface area contributed by atoms with E-state index in [2.05, 4.69) is 10.7 Å². The summed E-state index contributed by atoms with van der Waals surface area (Å²) in [6.45, 7) is 0.579. The van der Waals surface area contributed by atoms with Gasteiger partial charge in [0.05, 0.1) is 0 Å². The summed E-state index contributed by atoms with van der Waals surface area (Å²) in [6, 6.07) is 14.9. The van der Waals surface area contributed by atoms with E-state index in [9.17, 15) is 4.79 Å². The van der Waals surface area contributed by atoms with Crippen LogP contribution < -0.4 is 10.7 Å². The molecule has 0 unspecified atom stereocenters. The normalized spacial score (nSPS) is 10.5. The maximum absolute atomic E-state index is 12.0. The molecule has 0 aliphatic rings. The van der Waals surface area contributed by atoms with Crippen LogP contribution in [0.3, 0.4) is 0 Å². The second-order valence-electron chi connectivity index (χ2n) is 5.18. The van der Waals surface area contributed by atoms with Crippen molar-refractivity contribution >= 4 is 52.5 Å². The predicted molar refractivity (Wildman–Crippen MR) is 107 cm³/mol. The highest BCUT2D eigenvalue weighted by Crippen LogP contribution is 2.21. The summed E-state index contributed by atoms with van der Waals surface area (Å²) in [6.07, 6.45) is 2.99. The average Bonchev–Trinajstić information content (AvgIpc) is 2.59. The highest BCUT2D eigenvalue weighted by atomic mass is 35.5. The van der Waals surface area contributed by atoms with Crippen molar-refractivity contribution in [2.24, 2.45) is 0 Å². The third kappa shape index (κ3) is 6.38. The maximum atomic E-state index is 12.0. The van der Waals surface area contributed by atoms with Gasteiger partial charge in [-0.25, -0.2) is 0 Å². The maximum Gasteiger partial charge on any atom is 0.262 e. The number of hydrogen-bond acceptors (Lipinski definition) is 2. The molecule has 2 rings (SSSR count). The smallest absolute Gasteiger partial charge is 0.262 e. The van der Waals surface area contributed by atoms with Crippen LogP contribution in [0.4, 0.5) is 0 Å². The summed E-state index contributed by atoms with van der Waals surface area (Å²) >= 11 is 17.1. The molecule has 0 heterocycles. The van der Waals surface area contributed by atoms with Gasteiger partial charge in [-0.1, -0.05) is 59.6 Å². The fourth-order valence-corrected chi connectivity index (χ4v) is 2.54. The number of carbonyl (C=O) groups is 1. The number of amides is 1. The molecule has 1 amide bonds. The lowest BCUT2D eigenvalue weighted by molar-refractivity contribution is -0.119. The second kappa shape index (κ2) is 9.42. The van der Waals surface area contributed by atoms with E-state index in [0.29, 0.717) is 27.3 Å². The van der Waals surface area contributed by atoms with Crippen molar-refractivity contribution in [3.63, 3.8) is 0 Å².